The van der Waals surface area contributed by atoms with Gasteiger partial charge >= 0.3 is 6.09 Å². The highest BCUT2D eigenvalue weighted by Gasteiger charge is 2.24. The summed E-state index contributed by atoms with van der Waals surface area (Å²) in [7, 11) is 0. The highest BCUT2D eigenvalue weighted by molar-refractivity contribution is 6.30. The highest BCUT2D eigenvalue weighted by atomic mass is 35.5. The van der Waals surface area contributed by atoms with E-state index in [9.17, 15) is 9.59 Å². The molecular formula is C21H25ClN3O3+. The zero-order valence-corrected chi connectivity index (χ0v) is 16.7. The van der Waals surface area contributed by atoms with Crippen molar-refractivity contribution in [1.82, 2.24) is 4.90 Å². The number of rotatable bonds is 5. The average Bonchev–Trinajstić information content (AvgIpc) is 2.68. The standard InChI is InChI=1S/C21H24ClN3O3/c1-2-28-21(27)23-19-8-4-6-17(14-19)20(26)25-11-9-24(10-12-25)15-16-5-3-7-18(22)13-16/h3-8,13-14H,2,9-12,15H2,1H3,(H,23,27)/p+1. The number of nitrogens with zero attached hydrogens (tertiary/aromatic N) is 1. The molecular weight excluding hydrogens is 378 g/mol. The third kappa shape index (κ3) is 5.47. The fourth-order valence-corrected chi connectivity index (χ4v) is 3.55. The second-order valence-corrected chi connectivity index (χ2v) is 7.21. The molecule has 0 atom stereocenters. The fourth-order valence-electron chi connectivity index (χ4n) is 3.34. The number of hydrogen-bond acceptors (Lipinski definition) is 3. The van der Waals surface area contributed by atoms with Crippen LogP contribution < -0.4 is 10.2 Å². The number of quaternary nitrogens is 1. The van der Waals surface area contributed by atoms with Crippen LogP contribution in [-0.4, -0.2) is 49.7 Å². The van der Waals surface area contributed by atoms with Gasteiger partial charge in [-0.05, 0) is 37.3 Å². The lowest BCUT2D eigenvalue weighted by Gasteiger charge is -2.32. The van der Waals surface area contributed by atoms with Crippen molar-refractivity contribution in [2.75, 3.05) is 38.1 Å². The zero-order valence-electron chi connectivity index (χ0n) is 15.9. The molecule has 0 aliphatic carbocycles. The SMILES string of the molecule is CCOC(=O)Nc1cccc(C(=O)N2CC[NH+](Cc3cccc(Cl)c3)CC2)c1. The maximum atomic E-state index is 12.8. The normalized spacial score (nSPS) is 14.6. The molecule has 0 spiro atoms. The Kier molecular flexibility index (Phi) is 6.90. The average molecular weight is 403 g/mol. The summed E-state index contributed by atoms with van der Waals surface area (Å²) in [5, 5.41) is 3.39. The number of halogens is 1. The Morgan fingerprint density at radius 3 is 2.61 bits per heavy atom. The third-order valence-electron chi connectivity index (χ3n) is 4.73. The van der Waals surface area contributed by atoms with Crippen molar-refractivity contribution in [2.24, 2.45) is 0 Å². The summed E-state index contributed by atoms with van der Waals surface area (Å²) in [5.41, 5.74) is 2.32. The topological polar surface area (TPSA) is 63.1 Å². The number of piperazine rings is 1. The summed E-state index contributed by atoms with van der Waals surface area (Å²) in [6, 6.07) is 14.9. The number of benzene rings is 2. The van der Waals surface area contributed by atoms with Crippen LogP contribution in [0.15, 0.2) is 48.5 Å². The zero-order chi connectivity index (χ0) is 19.9. The number of carbonyl (C=O) groups excluding carboxylic acids is 2. The molecule has 28 heavy (non-hydrogen) atoms. The molecule has 0 saturated carbocycles. The molecule has 148 valence electrons. The van der Waals surface area contributed by atoms with E-state index in [-0.39, 0.29) is 5.91 Å². The molecule has 0 radical (unpaired) electrons. The van der Waals surface area contributed by atoms with Crippen molar-refractivity contribution in [1.29, 1.82) is 0 Å². The molecule has 1 aliphatic rings. The van der Waals surface area contributed by atoms with Crippen molar-refractivity contribution in [2.45, 2.75) is 13.5 Å². The van der Waals surface area contributed by atoms with Gasteiger partial charge in [0.15, 0.2) is 0 Å². The minimum atomic E-state index is -0.523. The van der Waals surface area contributed by atoms with Crippen molar-refractivity contribution < 1.29 is 19.2 Å². The quantitative estimate of drug-likeness (QED) is 0.807. The van der Waals surface area contributed by atoms with Crippen LogP contribution in [0, 0.1) is 0 Å². The fraction of sp³-hybridized carbons (Fsp3) is 0.333. The third-order valence-corrected chi connectivity index (χ3v) is 4.97. The molecule has 1 saturated heterocycles. The predicted octanol–water partition coefficient (Wildman–Crippen LogP) is 2.45. The van der Waals surface area contributed by atoms with Gasteiger partial charge in [0.1, 0.15) is 6.54 Å². The minimum Gasteiger partial charge on any atom is -0.450 e. The van der Waals surface area contributed by atoms with E-state index in [1.165, 1.54) is 10.5 Å². The maximum Gasteiger partial charge on any atom is 0.411 e. The van der Waals surface area contributed by atoms with Crippen LogP contribution in [0.5, 0.6) is 0 Å². The van der Waals surface area contributed by atoms with Gasteiger partial charge in [-0.2, -0.15) is 0 Å². The molecule has 2 aromatic rings. The molecule has 1 aliphatic heterocycles. The van der Waals surface area contributed by atoms with Crippen LogP contribution in [0.3, 0.4) is 0 Å². The van der Waals surface area contributed by atoms with Crippen molar-refractivity contribution in [3.63, 3.8) is 0 Å². The van der Waals surface area contributed by atoms with Crippen molar-refractivity contribution in [3.05, 3.63) is 64.7 Å². The smallest absolute Gasteiger partial charge is 0.411 e. The van der Waals surface area contributed by atoms with Crippen molar-refractivity contribution >= 4 is 29.3 Å². The second kappa shape index (κ2) is 9.57. The van der Waals surface area contributed by atoms with Gasteiger partial charge < -0.3 is 14.5 Å². The van der Waals surface area contributed by atoms with Crippen molar-refractivity contribution in [3.8, 4) is 0 Å². The second-order valence-electron chi connectivity index (χ2n) is 6.78. The Bertz CT molecular complexity index is 835. The van der Waals surface area contributed by atoms with Crippen LogP contribution in [-0.2, 0) is 11.3 Å². The van der Waals surface area contributed by atoms with Gasteiger partial charge in [-0.25, -0.2) is 4.79 Å². The Balaban J connectivity index is 1.55. The molecule has 1 fully saturated rings. The molecule has 1 heterocycles. The van der Waals surface area contributed by atoms with E-state index >= 15 is 0 Å². The van der Waals surface area contributed by atoms with E-state index in [0.29, 0.717) is 30.9 Å². The van der Waals surface area contributed by atoms with Gasteiger partial charge in [0.25, 0.3) is 5.91 Å². The Morgan fingerprint density at radius 2 is 1.89 bits per heavy atom. The van der Waals surface area contributed by atoms with E-state index in [0.717, 1.165) is 24.7 Å². The maximum absolute atomic E-state index is 12.8. The largest absolute Gasteiger partial charge is 0.450 e. The summed E-state index contributed by atoms with van der Waals surface area (Å²) < 4.78 is 4.87. The summed E-state index contributed by atoms with van der Waals surface area (Å²) in [5.74, 6) is -0.0192. The lowest BCUT2D eigenvalue weighted by atomic mass is 10.1. The van der Waals surface area contributed by atoms with Crippen LogP contribution in [0.1, 0.15) is 22.8 Å². The Hall–Kier alpha value is -2.57. The molecule has 2 amide bonds. The summed E-state index contributed by atoms with van der Waals surface area (Å²) in [6.07, 6.45) is -0.523. The van der Waals surface area contributed by atoms with Crippen LogP contribution >= 0.6 is 11.6 Å². The van der Waals surface area contributed by atoms with E-state index in [4.69, 9.17) is 16.3 Å². The van der Waals surface area contributed by atoms with Gasteiger partial charge in [0.2, 0.25) is 0 Å². The molecule has 0 unspecified atom stereocenters. The lowest BCUT2D eigenvalue weighted by Crippen LogP contribution is -3.13. The molecule has 2 N–H and O–H groups in total. The molecule has 3 rings (SSSR count). The first-order valence-corrected chi connectivity index (χ1v) is 9.84. The van der Waals surface area contributed by atoms with Crippen LogP contribution in [0.4, 0.5) is 10.5 Å². The van der Waals surface area contributed by atoms with Gasteiger partial charge in [0, 0.05) is 21.8 Å². The molecule has 0 bridgehead atoms. The van der Waals surface area contributed by atoms with E-state index in [1.807, 2.05) is 23.1 Å². The number of ether oxygens (including phenoxy) is 1. The minimum absolute atomic E-state index is 0.0192. The van der Waals surface area contributed by atoms with E-state index < -0.39 is 6.09 Å². The number of carbonyl (C=O) groups is 2. The van der Waals surface area contributed by atoms with Gasteiger partial charge in [0.05, 0.1) is 32.8 Å². The number of anilines is 1. The highest BCUT2D eigenvalue weighted by Crippen LogP contribution is 2.14. The predicted molar refractivity (Wildman–Crippen MR) is 109 cm³/mol. The van der Waals surface area contributed by atoms with Gasteiger partial charge in [-0.1, -0.05) is 29.8 Å². The van der Waals surface area contributed by atoms with Crippen LogP contribution in [0.2, 0.25) is 5.02 Å². The number of amides is 2. The summed E-state index contributed by atoms with van der Waals surface area (Å²) in [4.78, 5) is 27.7. The monoisotopic (exact) mass is 402 g/mol. The van der Waals surface area contributed by atoms with Gasteiger partial charge in [-0.15, -0.1) is 0 Å². The summed E-state index contributed by atoms with van der Waals surface area (Å²) >= 11 is 6.06. The molecule has 6 nitrogen and oxygen atoms in total. The number of hydrogen-bond donors (Lipinski definition) is 2. The van der Waals surface area contributed by atoms with E-state index in [2.05, 4.69) is 11.4 Å². The number of nitrogens with one attached hydrogen (secondary N) is 2. The molecule has 2 aromatic carbocycles. The molecule has 7 heteroatoms. The Labute approximate surface area is 170 Å². The first-order valence-electron chi connectivity index (χ1n) is 9.46. The van der Waals surface area contributed by atoms with E-state index in [1.54, 1.807) is 31.2 Å². The first-order chi connectivity index (χ1) is 13.5. The summed E-state index contributed by atoms with van der Waals surface area (Å²) in [6.45, 7) is 6.12. The lowest BCUT2D eigenvalue weighted by molar-refractivity contribution is -0.917. The van der Waals surface area contributed by atoms with Gasteiger partial charge in [-0.3, -0.25) is 10.1 Å². The Morgan fingerprint density at radius 1 is 1.14 bits per heavy atom. The molecule has 0 aromatic heterocycles. The first kappa shape index (κ1) is 20.2. The van der Waals surface area contributed by atoms with Crippen LogP contribution in [0.25, 0.3) is 0 Å².